The molecule has 0 saturated carbocycles. The van der Waals surface area contributed by atoms with Gasteiger partial charge in [-0.2, -0.15) is 5.10 Å². The number of carbonyl (C=O) groups is 1. The van der Waals surface area contributed by atoms with E-state index in [1.165, 1.54) is 0 Å². The van der Waals surface area contributed by atoms with Crippen LogP contribution in [0.4, 0.5) is 5.69 Å². The number of aryl methyl sites for hydroxylation is 4. The second-order valence-corrected chi connectivity index (χ2v) is 5.32. The van der Waals surface area contributed by atoms with Gasteiger partial charge in [0.25, 0.3) is 5.91 Å². The predicted molar refractivity (Wildman–Crippen MR) is 81.6 cm³/mol. The maximum atomic E-state index is 12.4. The number of nitrogens with zero attached hydrogens (tertiary/aromatic N) is 2. The molecule has 0 aliphatic carbocycles. The first-order chi connectivity index (χ1) is 9.97. The number of carbonyl (C=O) groups excluding carboxylic acids is 1. The van der Waals surface area contributed by atoms with Crippen LogP contribution in [0.3, 0.4) is 0 Å². The second-order valence-electron chi connectivity index (χ2n) is 5.32. The van der Waals surface area contributed by atoms with Gasteiger partial charge in [0.2, 0.25) is 0 Å². The Bertz CT molecular complexity index is 843. The molecule has 3 aromatic rings. The van der Waals surface area contributed by atoms with Crippen LogP contribution in [0.5, 0.6) is 0 Å². The van der Waals surface area contributed by atoms with E-state index >= 15 is 0 Å². The topological polar surface area (TPSA) is 60.1 Å². The van der Waals surface area contributed by atoms with Crippen LogP contribution in [0.2, 0.25) is 0 Å². The molecule has 0 saturated heterocycles. The van der Waals surface area contributed by atoms with Crippen LogP contribution in [-0.2, 0) is 7.05 Å². The Morgan fingerprint density at radius 3 is 2.57 bits per heavy atom. The zero-order valence-electron chi connectivity index (χ0n) is 12.5. The van der Waals surface area contributed by atoms with Gasteiger partial charge < -0.3 is 9.73 Å². The second kappa shape index (κ2) is 4.77. The molecule has 0 unspecified atom stereocenters. The van der Waals surface area contributed by atoms with E-state index in [1.807, 2.05) is 32.9 Å². The third-order valence-electron chi connectivity index (χ3n) is 3.65. The van der Waals surface area contributed by atoms with E-state index in [9.17, 15) is 4.79 Å². The average molecular weight is 283 g/mol. The van der Waals surface area contributed by atoms with E-state index in [0.717, 1.165) is 27.7 Å². The van der Waals surface area contributed by atoms with Gasteiger partial charge in [-0.3, -0.25) is 9.48 Å². The van der Waals surface area contributed by atoms with Crippen LogP contribution in [0, 0.1) is 20.8 Å². The fourth-order valence-electron chi connectivity index (χ4n) is 2.57. The summed E-state index contributed by atoms with van der Waals surface area (Å²) < 4.78 is 7.45. The van der Waals surface area contributed by atoms with Crippen LogP contribution < -0.4 is 5.32 Å². The summed E-state index contributed by atoms with van der Waals surface area (Å²) in [4.78, 5) is 12.4. The Hall–Kier alpha value is -2.56. The van der Waals surface area contributed by atoms with Crippen molar-refractivity contribution in [2.24, 2.45) is 7.05 Å². The molecule has 0 spiro atoms. The van der Waals surface area contributed by atoms with E-state index in [4.69, 9.17) is 4.42 Å². The molecule has 2 aromatic heterocycles. The number of amides is 1. The van der Waals surface area contributed by atoms with Gasteiger partial charge >= 0.3 is 0 Å². The summed E-state index contributed by atoms with van der Waals surface area (Å²) in [6.45, 7) is 5.91. The molecule has 0 atom stereocenters. The number of furan rings is 1. The number of hydrogen-bond acceptors (Lipinski definition) is 3. The number of benzene rings is 1. The van der Waals surface area contributed by atoms with Gasteiger partial charge in [-0.1, -0.05) is 12.1 Å². The highest BCUT2D eigenvalue weighted by Gasteiger charge is 2.20. The third kappa shape index (κ3) is 2.20. The van der Waals surface area contributed by atoms with Crippen molar-refractivity contribution in [1.82, 2.24) is 9.78 Å². The van der Waals surface area contributed by atoms with Gasteiger partial charge in [-0.15, -0.1) is 0 Å². The minimum atomic E-state index is -0.254. The van der Waals surface area contributed by atoms with Gasteiger partial charge in [0.1, 0.15) is 5.58 Å². The summed E-state index contributed by atoms with van der Waals surface area (Å²) in [6, 6.07) is 4.05. The zero-order valence-corrected chi connectivity index (χ0v) is 12.5. The summed E-state index contributed by atoms with van der Waals surface area (Å²) in [5.74, 6) is 0.0988. The highest BCUT2D eigenvalue weighted by Crippen LogP contribution is 2.30. The average Bonchev–Trinajstić information content (AvgIpc) is 2.99. The van der Waals surface area contributed by atoms with E-state index in [0.29, 0.717) is 11.4 Å². The Labute approximate surface area is 122 Å². The lowest BCUT2D eigenvalue weighted by Gasteiger charge is -2.00. The highest BCUT2D eigenvalue weighted by molar-refractivity contribution is 6.07. The number of nitrogens with one attached hydrogen (secondary N) is 1. The minimum absolute atomic E-state index is 0.254. The van der Waals surface area contributed by atoms with E-state index in [1.54, 1.807) is 24.1 Å². The predicted octanol–water partition coefficient (Wildman–Crippen LogP) is 3.34. The van der Waals surface area contributed by atoms with Crippen molar-refractivity contribution in [3.05, 3.63) is 47.0 Å². The van der Waals surface area contributed by atoms with Crippen molar-refractivity contribution in [3.8, 4) is 0 Å². The first kappa shape index (κ1) is 13.4. The third-order valence-corrected chi connectivity index (χ3v) is 3.65. The zero-order chi connectivity index (χ0) is 15.1. The van der Waals surface area contributed by atoms with Crippen LogP contribution in [0.15, 0.2) is 28.9 Å². The van der Waals surface area contributed by atoms with Crippen molar-refractivity contribution < 1.29 is 9.21 Å². The number of aromatic nitrogens is 2. The minimum Gasteiger partial charge on any atom is -0.450 e. The van der Waals surface area contributed by atoms with E-state index < -0.39 is 0 Å². The summed E-state index contributed by atoms with van der Waals surface area (Å²) in [6.07, 6.45) is 3.35. The Morgan fingerprint density at radius 1 is 1.24 bits per heavy atom. The smallest absolute Gasteiger partial charge is 0.291 e. The molecule has 0 bridgehead atoms. The van der Waals surface area contributed by atoms with Crippen LogP contribution >= 0.6 is 0 Å². The molecule has 1 N–H and O–H groups in total. The van der Waals surface area contributed by atoms with Crippen molar-refractivity contribution in [2.45, 2.75) is 20.8 Å². The summed E-state index contributed by atoms with van der Waals surface area (Å²) in [5.41, 5.74) is 4.43. The molecule has 1 amide bonds. The fraction of sp³-hybridized carbons (Fsp3) is 0.250. The summed E-state index contributed by atoms with van der Waals surface area (Å²) >= 11 is 0. The number of rotatable bonds is 2. The number of hydrogen-bond donors (Lipinski definition) is 1. The number of fused-ring (bicyclic) bond motifs is 1. The summed E-state index contributed by atoms with van der Waals surface area (Å²) in [7, 11) is 1.80. The molecule has 108 valence electrons. The quantitative estimate of drug-likeness (QED) is 0.784. The van der Waals surface area contributed by atoms with Gasteiger partial charge in [-0.25, -0.2) is 0 Å². The molecule has 1 aromatic carbocycles. The molecule has 0 aliphatic rings. The monoisotopic (exact) mass is 283 g/mol. The number of anilines is 1. The lowest BCUT2D eigenvalue weighted by molar-refractivity contribution is 0.0998. The first-order valence-electron chi connectivity index (χ1n) is 6.76. The van der Waals surface area contributed by atoms with E-state index in [-0.39, 0.29) is 5.91 Å². The first-order valence-corrected chi connectivity index (χ1v) is 6.76. The molecule has 0 fully saturated rings. The van der Waals surface area contributed by atoms with Crippen LogP contribution in [0.1, 0.15) is 27.2 Å². The molecule has 21 heavy (non-hydrogen) atoms. The summed E-state index contributed by atoms with van der Waals surface area (Å²) in [5, 5.41) is 7.85. The molecular formula is C16H17N3O2. The molecule has 2 heterocycles. The van der Waals surface area contributed by atoms with Gasteiger partial charge in [0, 0.05) is 24.2 Å². The van der Waals surface area contributed by atoms with Crippen molar-refractivity contribution >= 4 is 22.6 Å². The Morgan fingerprint density at radius 2 is 1.95 bits per heavy atom. The molecular weight excluding hydrogens is 266 g/mol. The Kier molecular flexibility index (Phi) is 3.05. The van der Waals surface area contributed by atoms with Crippen LogP contribution in [-0.4, -0.2) is 15.7 Å². The standard InChI is InChI=1S/C16H17N3O2/c1-9-5-6-10(2)14-13(9)11(3)15(21-14)16(20)18-12-7-17-19(4)8-12/h5-8H,1-4H3,(H,18,20). The van der Waals surface area contributed by atoms with Crippen molar-refractivity contribution in [1.29, 1.82) is 0 Å². The van der Waals surface area contributed by atoms with Crippen molar-refractivity contribution in [3.63, 3.8) is 0 Å². The molecule has 5 nitrogen and oxygen atoms in total. The fourth-order valence-corrected chi connectivity index (χ4v) is 2.57. The molecule has 0 aliphatic heterocycles. The van der Waals surface area contributed by atoms with Gasteiger partial charge in [0.05, 0.1) is 11.9 Å². The maximum absolute atomic E-state index is 12.4. The van der Waals surface area contributed by atoms with Gasteiger partial charge in [-0.05, 0) is 31.9 Å². The molecule has 5 heteroatoms. The maximum Gasteiger partial charge on any atom is 0.291 e. The molecule has 0 radical (unpaired) electrons. The Balaban J connectivity index is 2.04. The highest BCUT2D eigenvalue weighted by atomic mass is 16.3. The van der Waals surface area contributed by atoms with E-state index in [2.05, 4.69) is 10.4 Å². The normalized spacial score (nSPS) is 11.0. The van der Waals surface area contributed by atoms with Gasteiger partial charge in [0.15, 0.2) is 5.76 Å². The van der Waals surface area contributed by atoms with Crippen molar-refractivity contribution in [2.75, 3.05) is 5.32 Å². The lowest BCUT2D eigenvalue weighted by Crippen LogP contribution is -2.11. The lowest BCUT2D eigenvalue weighted by atomic mass is 10.0. The van der Waals surface area contributed by atoms with Crippen LogP contribution in [0.25, 0.3) is 11.0 Å². The largest absolute Gasteiger partial charge is 0.450 e. The molecule has 3 rings (SSSR count). The SMILES string of the molecule is Cc1ccc(C)c2c(C)c(C(=O)Nc3cnn(C)c3)oc12.